The van der Waals surface area contributed by atoms with E-state index in [2.05, 4.69) is 15.5 Å². The summed E-state index contributed by atoms with van der Waals surface area (Å²) in [6.07, 6.45) is 0.565. The van der Waals surface area contributed by atoms with Crippen molar-refractivity contribution in [2.24, 2.45) is 5.92 Å². The van der Waals surface area contributed by atoms with Crippen molar-refractivity contribution in [1.82, 2.24) is 15.5 Å². The van der Waals surface area contributed by atoms with Crippen LogP contribution in [0.4, 0.5) is 0 Å². The maximum absolute atomic E-state index is 11.1. The molecule has 6 nitrogen and oxygen atoms in total. The average Bonchev–Trinajstić information content (AvgIpc) is 2.71. The van der Waals surface area contributed by atoms with E-state index in [0.717, 1.165) is 0 Å². The molecular weight excluding hydrogens is 246 g/mol. The number of nitrogens with zero attached hydrogens (tertiary/aromatic N) is 2. The summed E-state index contributed by atoms with van der Waals surface area (Å²) in [5.41, 5.74) is -0.199. The molecule has 6 heteroatoms. The molecule has 1 atom stereocenters. The molecule has 0 fully saturated rings. The Hall–Kier alpha value is -1.43. The van der Waals surface area contributed by atoms with E-state index < -0.39 is 12.0 Å². The summed E-state index contributed by atoms with van der Waals surface area (Å²) >= 11 is 0. The Morgan fingerprint density at radius 3 is 2.42 bits per heavy atom. The third-order valence-electron chi connectivity index (χ3n) is 2.61. The van der Waals surface area contributed by atoms with Crippen LogP contribution in [0.5, 0.6) is 0 Å². The van der Waals surface area contributed by atoms with Crippen LogP contribution in [0, 0.1) is 5.92 Å². The topological polar surface area (TPSA) is 88.3 Å². The molecule has 0 aliphatic heterocycles. The normalized spacial score (nSPS) is 13.8. The van der Waals surface area contributed by atoms with Gasteiger partial charge in [0.05, 0.1) is 6.54 Å². The van der Waals surface area contributed by atoms with Crippen LogP contribution in [0.2, 0.25) is 0 Å². The van der Waals surface area contributed by atoms with Gasteiger partial charge in [-0.3, -0.25) is 10.1 Å². The van der Waals surface area contributed by atoms with Crippen molar-refractivity contribution in [2.75, 3.05) is 0 Å². The number of carboxylic acid groups (broad SMARTS) is 1. The first-order chi connectivity index (χ1) is 8.70. The maximum Gasteiger partial charge on any atom is 0.320 e. The highest BCUT2D eigenvalue weighted by Crippen LogP contribution is 2.20. The summed E-state index contributed by atoms with van der Waals surface area (Å²) in [7, 11) is 0. The Balaban J connectivity index is 2.60. The van der Waals surface area contributed by atoms with Crippen LogP contribution in [-0.4, -0.2) is 27.3 Å². The van der Waals surface area contributed by atoms with E-state index in [1.54, 1.807) is 0 Å². The quantitative estimate of drug-likeness (QED) is 0.820. The first kappa shape index (κ1) is 15.6. The molecule has 0 amide bonds. The first-order valence-corrected chi connectivity index (χ1v) is 6.49. The number of hydrogen-bond acceptors (Lipinski definition) is 5. The van der Waals surface area contributed by atoms with E-state index in [9.17, 15) is 4.79 Å². The SMILES string of the molecule is CC(C)CC(NCc1nnc(C(C)(C)C)o1)C(=O)O. The fourth-order valence-electron chi connectivity index (χ4n) is 1.58. The number of aliphatic carboxylic acids is 1. The third-order valence-corrected chi connectivity index (χ3v) is 2.61. The fraction of sp³-hybridized carbons (Fsp3) is 0.769. The number of carbonyl (C=O) groups is 1. The van der Waals surface area contributed by atoms with Crippen molar-refractivity contribution in [3.05, 3.63) is 11.8 Å². The molecule has 0 saturated heterocycles. The second-order valence-corrected chi connectivity index (χ2v) is 6.15. The number of nitrogens with one attached hydrogen (secondary N) is 1. The first-order valence-electron chi connectivity index (χ1n) is 6.49. The molecule has 0 radical (unpaired) electrons. The van der Waals surface area contributed by atoms with Crippen molar-refractivity contribution in [3.8, 4) is 0 Å². The minimum absolute atomic E-state index is 0.199. The van der Waals surface area contributed by atoms with Gasteiger partial charge in [-0.05, 0) is 12.3 Å². The van der Waals surface area contributed by atoms with Crippen LogP contribution < -0.4 is 5.32 Å². The summed E-state index contributed by atoms with van der Waals surface area (Å²) in [6, 6.07) is -0.593. The predicted octanol–water partition coefficient (Wildman–Crippen LogP) is 1.96. The van der Waals surface area contributed by atoms with Crippen LogP contribution >= 0.6 is 0 Å². The molecule has 2 N–H and O–H groups in total. The van der Waals surface area contributed by atoms with Crippen LogP contribution in [0.1, 0.15) is 52.8 Å². The lowest BCUT2D eigenvalue weighted by molar-refractivity contribution is -0.140. The summed E-state index contributed by atoms with van der Waals surface area (Å²) in [6.45, 7) is 10.2. The molecule has 1 rings (SSSR count). The van der Waals surface area contributed by atoms with E-state index >= 15 is 0 Å². The van der Waals surface area contributed by atoms with Crippen LogP contribution in [0.15, 0.2) is 4.42 Å². The van der Waals surface area contributed by atoms with E-state index in [1.807, 2.05) is 34.6 Å². The lowest BCUT2D eigenvalue weighted by Gasteiger charge is -2.15. The Bertz CT molecular complexity index is 421. The maximum atomic E-state index is 11.1. The number of aromatic nitrogens is 2. The predicted molar refractivity (Wildman–Crippen MR) is 70.7 cm³/mol. The van der Waals surface area contributed by atoms with Gasteiger partial charge >= 0.3 is 5.97 Å². The molecule has 108 valence electrons. The molecule has 1 aromatic rings. The smallest absolute Gasteiger partial charge is 0.320 e. The lowest BCUT2D eigenvalue weighted by Crippen LogP contribution is -2.37. The summed E-state index contributed by atoms with van der Waals surface area (Å²) in [5.74, 6) is 0.422. The van der Waals surface area contributed by atoms with Gasteiger partial charge in [-0.25, -0.2) is 0 Å². The molecule has 0 aliphatic carbocycles. The van der Waals surface area contributed by atoms with Crippen molar-refractivity contribution >= 4 is 5.97 Å². The van der Waals surface area contributed by atoms with Gasteiger partial charge < -0.3 is 9.52 Å². The molecule has 0 aliphatic rings. The van der Waals surface area contributed by atoms with Gasteiger partial charge in [0.15, 0.2) is 0 Å². The molecule has 19 heavy (non-hydrogen) atoms. The zero-order valence-corrected chi connectivity index (χ0v) is 12.2. The zero-order valence-electron chi connectivity index (χ0n) is 12.2. The molecular formula is C13H23N3O3. The van der Waals surface area contributed by atoms with Crippen molar-refractivity contribution in [2.45, 2.75) is 59.0 Å². The summed E-state index contributed by atoms with van der Waals surface area (Å²) < 4.78 is 5.51. The largest absolute Gasteiger partial charge is 0.480 e. The Kier molecular flexibility index (Phi) is 5.05. The van der Waals surface area contributed by atoms with Gasteiger partial charge in [0.2, 0.25) is 11.8 Å². The average molecular weight is 269 g/mol. The Labute approximate surface area is 113 Å². The van der Waals surface area contributed by atoms with E-state index in [-0.39, 0.29) is 12.0 Å². The van der Waals surface area contributed by atoms with Crippen molar-refractivity contribution in [3.63, 3.8) is 0 Å². The second kappa shape index (κ2) is 6.14. The molecule has 1 aromatic heterocycles. The standard InChI is InChI=1S/C13H23N3O3/c1-8(2)6-9(11(17)18)14-7-10-15-16-12(19-10)13(3,4)5/h8-9,14H,6-7H2,1-5H3,(H,17,18). The zero-order chi connectivity index (χ0) is 14.6. The Morgan fingerprint density at radius 1 is 1.37 bits per heavy atom. The number of hydrogen-bond donors (Lipinski definition) is 2. The second-order valence-electron chi connectivity index (χ2n) is 6.15. The van der Waals surface area contributed by atoms with E-state index in [4.69, 9.17) is 9.52 Å². The molecule has 0 spiro atoms. The third kappa shape index (κ3) is 4.98. The lowest BCUT2D eigenvalue weighted by atomic mass is 9.97. The highest BCUT2D eigenvalue weighted by Gasteiger charge is 2.23. The molecule has 1 heterocycles. The van der Waals surface area contributed by atoms with Crippen LogP contribution in [0.25, 0.3) is 0 Å². The molecule has 0 aromatic carbocycles. The highest BCUT2D eigenvalue weighted by atomic mass is 16.4. The number of carboxylic acids is 1. The fourth-order valence-corrected chi connectivity index (χ4v) is 1.58. The minimum atomic E-state index is -0.857. The molecule has 0 saturated carbocycles. The van der Waals surface area contributed by atoms with Crippen molar-refractivity contribution < 1.29 is 14.3 Å². The minimum Gasteiger partial charge on any atom is -0.480 e. The molecule has 1 unspecified atom stereocenters. The van der Waals surface area contributed by atoms with Gasteiger partial charge in [0.25, 0.3) is 0 Å². The summed E-state index contributed by atoms with van der Waals surface area (Å²) in [5, 5.41) is 19.9. The number of rotatable bonds is 6. The Morgan fingerprint density at radius 2 is 2.00 bits per heavy atom. The van der Waals surface area contributed by atoms with Gasteiger partial charge in [-0.15, -0.1) is 10.2 Å². The van der Waals surface area contributed by atoms with Crippen LogP contribution in [0.3, 0.4) is 0 Å². The van der Waals surface area contributed by atoms with Crippen molar-refractivity contribution in [1.29, 1.82) is 0 Å². The van der Waals surface area contributed by atoms with Gasteiger partial charge in [-0.2, -0.15) is 0 Å². The van der Waals surface area contributed by atoms with Crippen LogP contribution in [-0.2, 0) is 16.8 Å². The highest BCUT2D eigenvalue weighted by molar-refractivity contribution is 5.73. The molecule has 0 bridgehead atoms. The summed E-state index contributed by atoms with van der Waals surface area (Å²) in [4.78, 5) is 11.1. The van der Waals surface area contributed by atoms with Gasteiger partial charge in [0, 0.05) is 5.41 Å². The van der Waals surface area contributed by atoms with Gasteiger partial charge in [0.1, 0.15) is 6.04 Å². The monoisotopic (exact) mass is 269 g/mol. The van der Waals surface area contributed by atoms with E-state index in [0.29, 0.717) is 24.1 Å². The van der Waals surface area contributed by atoms with E-state index in [1.165, 1.54) is 0 Å². The van der Waals surface area contributed by atoms with Gasteiger partial charge in [-0.1, -0.05) is 34.6 Å².